The summed E-state index contributed by atoms with van der Waals surface area (Å²) in [6, 6.07) is 24.8. The molecule has 0 aliphatic carbocycles. The molecule has 0 bridgehead atoms. The lowest BCUT2D eigenvalue weighted by atomic mass is 10.1. The van der Waals surface area contributed by atoms with E-state index in [1.54, 1.807) is 18.4 Å². The van der Waals surface area contributed by atoms with Crippen LogP contribution in [0.5, 0.6) is 11.5 Å². The van der Waals surface area contributed by atoms with E-state index < -0.39 is 0 Å². The van der Waals surface area contributed by atoms with Crippen LogP contribution in [-0.4, -0.2) is 18.3 Å². The molecule has 32 heavy (non-hydrogen) atoms. The van der Waals surface area contributed by atoms with Gasteiger partial charge in [-0.25, -0.2) is 4.99 Å². The second-order valence-electron chi connectivity index (χ2n) is 7.39. The number of aryl methyl sites for hydroxylation is 1. The summed E-state index contributed by atoms with van der Waals surface area (Å²) in [5.41, 5.74) is 5.68. The lowest BCUT2D eigenvalue weighted by Gasteiger charge is -2.13. The van der Waals surface area contributed by atoms with E-state index in [1.165, 1.54) is 11.1 Å². The third-order valence-corrected chi connectivity index (χ3v) is 6.21. The maximum Gasteiger partial charge on any atom is 0.190 e. The Morgan fingerprint density at radius 3 is 2.34 bits per heavy atom. The van der Waals surface area contributed by atoms with Crippen LogP contribution in [0, 0.1) is 0 Å². The minimum atomic E-state index is 0.653. The first-order valence-corrected chi connectivity index (χ1v) is 11.8. The van der Waals surface area contributed by atoms with Crippen LogP contribution in [-0.2, 0) is 13.0 Å². The number of rotatable bonds is 8. The highest BCUT2D eigenvalue weighted by molar-refractivity contribution is 7.07. The molecule has 5 heteroatoms. The van der Waals surface area contributed by atoms with Gasteiger partial charge in [0.15, 0.2) is 4.80 Å². The quantitative estimate of drug-likeness (QED) is 0.312. The van der Waals surface area contributed by atoms with Gasteiger partial charge in [-0.1, -0.05) is 49.4 Å². The summed E-state index contributed by atoms with van der Waals surface area (Å²) in [6.45, 7) is 5.49. The molecule has 0 amide bonds. The topological polar surface area (TPSA) is 35.8 Å². The van der Waals surface area contributed by atoms with E-state index in [2.05, 4.69) is 47.2 Å². The van der Waals surface area contributed by atoms with Crippen molar-refractivity contribution in [1.29, 1.82) is 0 Å². The van der Waals surface area contributed by atoms with Crippen LogP contribution in [0.3, 0.4) is 0 Å². The number of benzene rings is 3. The number of hydrogen-bond donors (Lipinski definition) is 0. The third-order valence-electron chi connectivity index (χ3n) is 5.35. The van der Waals surface area contributed by atoms with Crippen molar-refractivity contribution in [3.8, 4) is 22.8 Å². The molecule has 0 unspecified atom stereocenters. The van der Waals surface area contributed by atoms with Crippen molar-refractivity contribution < 1.29 is 9.47 Å². The third kappa shape index (κ3) is 4.94. The molecule has 3 aromatic carbocycles. The Bertz CT molecular complexity index is 1220. The Morgan fingerprint density at radius 1 is 0.906 bits per heavy atom. The fourth-order valence-corrected chi connectivity index (χ4v) is 4.54. The van der Waals surface area contributed by atoms with Crippen molar-refractivity contribution in [1.82, 2.24) is 4.57 Å². The summed E-state index contributed by atoms with van der Waals surface area (Å²) in [4.78, 5) is 5.90. The molecule has 4 aromatic rings. The average Bonchev–Trinajstić information content (AvgIpc) is 3.23. The molecule has 0 N–H and O–H groups in total. The largest absolute Gasteiger partial charge is 0.496 e. The zero-order valence-corrected chi connectivity index (χ0v) is 19.6. The van der Waals surface area contributed by atoms with Gasteiger partial charge in [-0.15, -0.1) is 11.3 Å². The number of para-hydroxylation sites is 1. The molecule has 0 radical (unpaired) electrons. The molecule has 4 nitrogen and oxygen atoms in total. The number of aromatic nitrogens is 1. The second kappa shape index (κ2) is 10.3. The highest BCUT2D eigenvalue weighted by atomic mass is 32.1. The molecular weight excluding hydrogens is 416 g/mol. The van der Waals surface area contributed by atoms with E-state index in [-0.39, 0.29) is 0 Å². The van der Waals surface area contributed by atoms with Crippen molar-refractivity contribution in [2.24, 2.45) is 4.99 Å². The van der Waals surface area contributed by atoms with E-state index in [0.717, 1.165) is 39.7 Å². The molecule has 0 aliphatic heterocycles. The van der Waals surface area contributed by atoms with Crippen LogP contribution in [0.2, 0.25) is 0 Å². The van der Waals surface area contributed by atoms with Gasteiger partial charge in [0.1, 0.15) is 11.5 Å². The smallest absolute Gasteiger partial charge is 0.190 e. The van der Waals surface area contributed by atoms with Crippen molar-refractivity contribution in [2.75, 3.05) is 13.7 Å². The van der Waals surface area contributed by atoms with Gasteiger partial charge in [0.05, 0.1) is 31.6 Å². The van der Waals surface area contributed by atoms with E-state index in [9.17, 15) is 0 Å². The summed E-state index contributed by atoms with van der Waals surface area (Å²) in [5.74, 6) is 1.74. The number of ether oxygens (including phenoxy) is 2. The van der Waals surface area contributed by atoms with Crippen molar-refractivity contribution in [3.63, 3.8) is 0 Å². The highest BCUT2D eigenvalue weighted by Crippen LogP contribution is 2.25. The standard InChI is InChI=1S/C27H28N2O2S/c1-4-20-10-12-21(13-11-20)25-19-32-27(28-23-14-16-24(17-15-23)31-5-2)29(25)18-22-8-6-7-9-26(22)30-3/h6-17,19H,4-5,18H2,1-3H3. The molecular formula is C27H28N2O2S. The number of methoxy groups -OCH3 is 1. The van der Waals surface area contributed by atoms with Crippen LogP contribution in [0.15, 0.2) is 83.2 Å². The van der Waals surface area contributed by atoms with E-state index in [1.807, 2.05) is 49.4 Å². The molecule has 0 atom stereocenters. The van der Waals surface area contributed by atoms with Crippen molar-refractivity contribution in [2.45, 2.75) is 26.8 Å². The van der Waals surface area contributed by atoms with Crippen LogP contribution in [0.4, 0.5) is 5.69 Å². The fraction of sp³-hybridized carbons (Fsp3) is 0.222. The molecule has 164 valence electrons. The molecule has 0 aliphatic rings. The van der Waals surface area contributed by atoms with Crippen molar-refractivity contribution in [3.05, 3.63) is 94.1 Å². The Balaban J connectivity index is 1.79. The second-order valence-corrected chi connectivity index (χ2v) is 8.23. The van der Waals surface area contributed by atoms with Gasteiger partial charge in [-0.2, -0.15) is 0 Å². The minimum absolute atomic E-state index is 0.653. The summed E-state index contributed by atoms with van der Waals surface area (Å²) >= 11 is 1.65. The van der Waals surface area contributed by atoms with Gasteiger partial charge in [0.2, 0.25) is 0 Å². The first-order valence-electron chi connectivity index (χ1n) is 10.9. The van der Waals surface area contributed by atoms with E-state index in [0.29, 0.717) is 13.2 Å². The summed E-state index contributed by atoms with van der Waals surface area (Å²) < 4.78 is 13.4. The Hall–Kier alpha value is -3.31. The lowest BCUT2D eigenvalue weighted by molar-refractivity contribution is 0.340. The van der Waals surface area contributed by atoms with Crippen LogP contribution in [0.25, 0.3) is 11.3 Å². The summed E-state index contributed by atoms with van der Waals surface area (Å²) in [6.07, 6.45) is 1.03. The molecule has 0 saturated carbocycles. The van der Waals surface area contributed by atoms with Gasteiger partial charge < -0.3 is 14.0 Å². The maximum absolute atomic E-state index is 5.61. The first-order chi connectivity index (χ1) is 15.7. The number of nitrogens with zero attached hydrogens (tertiary/aromatic N) is 2. The zero-order chi connectivity index (χ0) is 22.3. The molecule has 1 aromatic heterocycles. The van der Waals surface area contributed by atoms with Crippen LogP contribution >= 0.6 is 11.3 Å². The van der Waals surface area contributed by atoms with Crippen molar-refractivity contribution >= 4 is 17.0 Å². The predicted molar refractivity (Wildman–Crippen MR) is 132 cm³/mol. The SMILES string of the molecule is CCOc1ccc(N=c2scc(-c3ccc(CC)cc3)n2Cc2ccccc2OC)cc1. The van der Waals surface area contributed by atoms with Crippen LogP contribution in [0.1, 0.15) is 25.0 Å². The maximum atomic E-state index is 5.61. The first kappa shape index (κ1) is 21.9. The molecule has 0 saturated heterocycles. The van der Waals surface area contributed by atoms with Crippen LogP contribution < -0.4 is 14.3 Å². The average molecular weight is 445 g/mol. The molecule has 1 heterocycles. The molecule has 0 fully saturated rings. The molecule has 4 rings (SSSR count). The summed E-state index contributed by atoms with van der Waals surface area (Å²) in [5, 5.41) is 2.18. The van der Waals surface area contributed by atoms with E-state index >= 15 is 0 Å². The van der Waals surface area contributed by atoms with Gasteiger partial charge in [-0.3, -0.25) is 0 Å². The highest BCUT2D eigenvalue weighted by Gasteiger charge is 2.11. The van der Waals surface area contributed by atoms with E-state index in [4.69, 9.17) is 14.5 Å². The number of thiazole rings is 1. The van der Waals surface area contributed by atoms with Gasteiger partial charge in [0.25, 0.3) is 0 Å². The fourth-order valence-electron chi connectivity index (χ4n) is 3.61. The normalized spacial score (nSPS) is 11.5. The summed E-state index contributed by atoms with van der Waals surface area (Å²) in [7, 11) is 1.71. The predicted octanol–water partition coefficient (Wildman–Crippen LogP) is 6.47. The monoisotopic (exact) mass is 444 g/mol. The Morgan fingerprint density at radius 2 is 1.66 bits per heavy atom. The number of hydrogen-bond acceptors (Lipinski definition) is 4. The zero-order valence-electron chi connectivity index (χ0n) is 18.7. The minimum Gasteiger partial charge on any atom is -0.496 e. The molecule has 0 spiro atoms. The Labute approximate surface area is 193 Å². The lowest BCUT2D eigenvalue weighted by Crippen LogP contribution is -2.17. The van der Waals surface area contributed by atoms with Gasteiger partial charge in [-0.05, 0) is 54.8 Å². The Kier molecular flexibility index (Phi) is 7.07. The van der Waals surface area contributed by atoms with Gasteiger partial charge in [0, 0.05) is 10.9 Å². The van der Waals surface area contributed by atoms with Gasteiger partial charge >= 0.3 is 0 Å².